The van der Waals surface area contributed by atoms with Gasteiger partial charge in [0.05, 0.1) is 12.1 Å². The minimum Gasteiger partial charge on any atom is -0.487 e. The molecule has 5 nitrogen and oxygen atoms in total. The number of carbonyl (C=O) groups excluding carboxylic acids is 1. The summed E-state index contributed by atoms with van der Waals surface area (Å²) in [5, 5.41) is 10.1. The summed E-state index contributed by atoms with van der Waals surface area (Å²) in [6.45, 7) is 1.87. The van der Waals surface area contributed by atoms with Crippen molar-refractivity contribution in [3.63, 3.8) is 0 Å². The molecule has 0 aliphatic carbocycles. The van der Waals surface area contributed by atoms with Gasteiger partial charge in [-0.25, -0.2) is 4.79 Å². The Kier molecular flexibility index (Phi) is 4.86. The molecular weight excluding hydrogens is 282 g/mol. The molecule has 1 aromatic carbocycles. The van der Waals surface area contributed by atoms with E-state index in [9.17, 15) is 9.90 Å². The molecular formula is C14H18ClNO4. The van der Waals surface area contributed by atoms with E-state index in [1.54, 1.807) is 12.1 Å². The maximum Gasteiger partial charge on any atom is 0.339 e. The molecule has 0 amide bonds. The van der Waals surface area contributed by atoms with Crippen LogP contribution in [0.4, 0.5) is 0 Å². The van der Waals surface area contributed by atoms with Crippen LogP contribution in [0.2, 0.25) is 5.02 Å². The van der Waals surface area contributed by atoms with Gasteiger partial charge in [-0.2, -0.15) is 0 Å². The van der Waals surface area contributed by atoms with Crippen LogP contribution in [0.5, 0.6) is 5.75 Å². The standard InChI is InChI=1S/C14H18ClNO4/c1-16-6-5-10(8-16)20-12-4-3-9(7-11(12)15)13(17)14(18)19-2/h3-4,7,10,13,17H,5-6,8H2,1-2H3. The number of carbonyl (C=O) groups is 1. The maximum atomic E-state index is 11.3. The fourth-order valence-corrected chi connectivity index (χ4v) is 2.43. The number of nitrogens with zero attached hydrogens (tertiary/aromatic N) is 1. The fraction of sp³-hybridized carbons (Fsp3) is 0.500. The second kappa shape index (κ2) is 6.43. The summed E-state index contributed by atoms with van der Waals surface area (Å²) in [7, 11) is 3.27. The third-order valence-electron chi connectivity index (χ3n) is 3.34. The van der Waals surface area contributed by atoms with Gasteiger partial charge in [-0.1, -0.05) is 17.7 Å². The molecule has 20 heavy (non-hydrogen) atoms. The summed E-state index contributed by atoms with van der Waals surface area (Å²) < 4.78 is 10.3. The van der Waals surface area contributed by atoms with Crippen LogP contribution in [-0.2, 0) is 9.53 Å². The monoisotopic (exact) mass is 299 g/mol. The Labute approximate surface area is 123 Å². The largest absolute Gasteiger partial charge is 0.487 e. The molecule has 2 atom stereocenters. The number of benzene rings is 1. The van der Waals surface area contributed by atoms with E-state index in [1.807, 2.05) is 7.05 Å². The number of esters is 1. The lowest BCUT2D eigenvalue weighted by Gasteiger charge is -2.16. The lowest BCUT2D eigenvalue weighted by Crippen LogP contribution is -2.21. The average Bonchev–Trinajstić information content (AvgIpc) is 2.84. The summed E-state index contributed by atoms with van der Waals surface area (Å²) in [5.74, 6) is -0.153. The lowest BCUT2D eigenvalue weighted by molar-refractivity contribution is -0.150. The number of hydrogen-bond donors (Lipinski definition) is 1. The molecule has 1 aliphatic heterocycles. The van der Waals surface area contributed by atoms with Gasteiger partial charge < -0.3 is 19.5 Å². The van der Waals surface area contributed by atoms with Crippen LogP contribution < -0.4 is 4.74 Å². The molecule has 0 aromatic heterocycles. The van der Waals surface area contributed by atoms with Crippen molar-refractivity contribution < 1.29 is 19.4 Å². The number of likely N-dealkylation sites (tertiary alicyclic amines) is 1. The SMILES string of the molecule is COC(=O)C(O)c1ccc(OC2CCN(C)C2)c(Cl)c1. The quantitative estimate of drug-likeness (QED) is 0.856. The van der Waals surface area contributed by atoms with Crippen LogP contribution in [-0.4, -0.2) is 49.3 Å². The Balaban J connectivity index is 2.07. The van der Waals surface area contributed by atoms with E-state index in [2.05, 4.69) is 9.64 Å². The molecule has 1 aliphatic rings. The van der Waals surface area contributed by atoms with E-state index in [0.717, 1.165) is 19.5 Å². The van der Waals surface area contributed by atoms with Crippen molar-refractivity contribution in [3.05, 3.63) is 28.8 Å². The molecule has 0 bridgehead atoms. The van der Waals surface area contributed by atoms with Crippen molar-refractivity contribution in [2.45, 2.75) is 18.6 Å². The van der Waals surface area contributed by atoms with E-state index >= 15 is 0 Å². The summed E-state index contributed by atoms with van der Waals surface area (Å²) in [6.07, 6.45) is -0.252. The number of halogens is 1. The lowest BCUT2D eigenvalue weighted by atomic mass is 10.1. The highest BCUT2D eigenvalue weighted by atomic mass is 35.5. The zero-order valence-electron chi connectivity index (χ0n) is 11.5. The van der Waals surface area contributed by atoms with Crippen LogP contribution in [0, 0.1) is 0 Å². The van der Waals surface area contributed by atoms with Gasteiger partial charge in [0.15, 0.2) is 6.10 Å². The third kappa shape index (κ3) is 3.42. The molecule has 1 N–H and O–H groups in total. The number of aliphatic hydroxyl groups is 1. The van der Waals surface area contributed by atoms with Gasteiger partial charge in [0.2, 0.25) is 0 Å². The van der Waals surface area contributed by atoms with Crippen LogP contribution in [0.1, 0.15) is 18.1 Å². The smallest absolute Gasteiger partial charge is 0.339 e. The first kappa shape index (κ1) is 15.1. The first-order chi connectivity index (χ1) is 9.51. The fourth-order valence-electron chi connectivity index (χ4n) is 2.20. The molecule has 1 fully saturated rings. The molecule has 0 saturated carbocycles. The number of methoxy groups -OCH3 is 1. The van der Waals surface area contributed by atoms with Crippen LogP contribution in [0.25, 0.3) is 0 Å². The van der Waals surface area contributed by atoms with E-state index < -0.39 is 12.1 Å². The topological polar surface area (TPSA) is 59.0 Å². The van der Waals surface area contributed by atoms with Crippen LogP contribution in [0.15, 0.2) is 18.2 Å². The summed E-state index contributed by atoms with van der Waals surface area (Å²) >= 11 is 6.13. The van der Waals surface area contributed by atoms with Crippen molar-refractivity contribution >= 4 is 17.6 Å². The predicted octanol–water partition coefficient (Wildman–Crippen LogP) is 1.63. The summed E-state index contributed by atoms with van der Waals surface area (Å²) in [5.41, 5.74) is 0.387. The van der Waals surface area contributed by atoms with Crippen molar-refractivity contribution in [3.8, 4) is 5.75 Å². The van der Waals surface area contributed by atoms with Crippen molar-refractivity contribution in [2.24, 2.45) is 0 Å². The first-order valence-electron chi connectivity index (χ1n) is 6.42. The highest BCUT2D eigenvalue weighted by molar-refractivity contribution is 6.32. The zero-order valence-corrected chi connectivity index (χ0v) is 12.3. The summed E-state index contributed by atoms with van der Waals surface area (Å²) in [6, 6.07) is 4.81. The minimum atomic E-state index is -1.33. The normalized spacial score (nSPS) is 20.7. The molecule has 2 unspecified atom stereocenters. The van der Waals surface area contributed by atoms with E-state index in [0.29, 0.717) is 16.3 Å². The Hall–Kier alpha value is -1.30. The van der Waals surface area contributed by atoms with Crippen LogP contribution >= 0.6 is 11.6 Å². The number of rotatable bonds is 4. The number of aliphatic hydroxyl groups excluding tert-OH is 1. The zero-order chi connectivity index (χ0) is 14.7. The molecule has 6 heteroatoms. The van der Waals surface area contributed by atoms with Gasteiger partial charge in [-0.05, 0) is 31.2 Å². The Morgan fingerprint density at radius 1 is 1.55 bits per heavy atom. The van der Waals surface area contributed by atoms with Gasteiger partial charge in [0.25, 0.3) is 0 Å². The van der Waals surface area contributed by atoms with Gasteiger partial charge in [-0.3, -0.25) is 0 Å². The molecule has 110 valence electrons. The number of likely N-dealkylation sites (N-methyl/N-ethyl adjacent to an activating group) is 1. The maximum absolute atomic E-state index is 11.3. The van der Waals surface area contributed by atoms with Gasteiger partial charge in [0.1, 0.15) is 11.9 Å². The summed E-state index contributed by atoms with van der Waals surface area (Å²) in [4.78, 5) is 13.5. The second-order valence-electron chi connectivity index (χ2n) is 4.91. The van der Waals surface area contributed by atoms with E-state index in [1.165, 1.54) is 13.2 Å². The third-order valence-corrected chi connectivity index (χ3v) is 3.63. The van der Waals surface area contributed by atoms with E-state index in [4.69, 9.17) is 16.3 Å². The highest BCUT2D eigenvalue weighted by Crippen LogP contribution is 2.30. The molecule has 1 aromatic rings. The second-order valence-corrected chi connectivity index (χ2v) is 5.31. The predicted molar refractivity (Wildman–Crippen MR) is 75.0 cm³/mol. The van der Waals surface area contributed by atoms with Crippen molar-refractivity contribution in [1.82, 2.24) is 4.90 Å². The molecule has 0 spiro atoms. The Bertz CT molecular complexity index is 494. The molecule has 1 heterocycles. The van der Waals surface area contributed by atoms with Crippen molar-refractivity contribution in [1.29, 1.82) is 0 Å². The Morgan fingerprint density at radius 2 is 2.30 bits per heavy atom. The van der Waals surface area contributed by atoms with Crippen molar-refractivity contribution in [2.75, 3.05) is 27.2 Å². The van der Waals surface area contributed by atoms with E-state index in [-0.39, 0.29) is 6.10 Å². The first-order valence-corrected chi connectivity index (χ1v) is 6.79. The van der Waals surface area contributed by atoms with Gasteiger partial charge in [0, 0.05) is 13.1 Å². The van der Waals surface area contributed by atoms with Gasteiger partial charge in [-0.15, -0.1) is 0 Å². The molecule has 1 saturated heterocycles. The molecule has 2 rings (SSSR count). The Morgan fingerprint density at radius 3 is 2.85 bits per heavy atom. The minimum absolute atomic E-state index is 0.119. The van der Waals surface area contributed by atoms with Crippen LogP contribution in [0.3, 0.4) is 0 Å². The highest BCUT2D eigenvalue weighted by Gasteiger charge is 2.23. The van der Waals surface area contributed by atoms with Gasteiger partial charge >= 0.3 is 5.97 Å². The average molecular weight is 300 g/mol. The number of hydrogen-bond acceptors (Lipinski definition) is 5. The number of ether oxygens (including phenoxy) is 2. The molecule has 0 radical (unpaired) electrons.